The van der Waals surface area contributed by atoms with E-state index in [-0.39, 0.29) is 19.8 Å². The molecular weight excluding hydrogens is 434 g/mol. The Hall–Kier alpha value is -2.26. The zero-order chi connectivity index (χ0) is 24.4. The molecule has 0 saturated carbocycles. The molecule has 33 heavy (non-hydrogen) atoms. The summed E-state index contributed by atoms with van der Waals surface area (Å²) >= 11 is 0. The van der Waals surface area contributed by atoms with Gasteiger partial charge in [-0.05, 0) is 46.6 Å². The maximum absolute atomic E-state index is 14.8. The Morgan fingerprint density at radius 2 is 1.79 bits per heavy atom. The van der Waals surface area contributed by atoms with Crippen LogP contribution >= 0.6 is 0 Å². The molecule has 1 aromatic carbocycles. The van der Waals surface area contributed by atoms with Crippen molar-refractivity contribution in [3.8, 4) is 0 Å². The molecule has 0 unspecified atom stereocenters. The summed E-state index contributed by atoms with van der Waals surface area (Å²) < 4.78 is 46.1. The number of benzene rings is 1. The van der Waals surface area contributed by atoms with Crippen molar-refractivity contribution in [2.75, 3.05) is 26.2 Å². The second-order valence-corrected chi connectivity index (χ2v) is 10.1. The molecule has 0 N–H and O–H groups in total. The van der Waals surface area contributed by atoms with Gasteiger partial charge in [-0.2, -0.15) is 0 Å². The van der Waals surface area contributed by atoms with E-state index in [9.17, 15) is 18.4 Å². The van der Waals surface area contributed by atoms with E-state index in [1.165, 1.54) is 0 Å². The molecular formula is C24H34F2N2O5. The number of rotatable bonds is 7. The number of carbonyl (C=O) groups is 2. The van der Waals surface area contributed by atoms with Crippen LogP contribution in [0.1, 0.15) is 46.6 Å². The van der Waals surface area contributed by atoms with Crippen LogP contribution in [0.15, 0.2) is 30.3 Å². The number of alkyl halides is 2. The zero-order valence-corrected chi connectivity index (χ0v) is 20.0. The molecule has 7 nitrogen and oxygen atoms in total. The number of amides is 1. The number of ether oxygens (including phenoxy) is 3. The molecule has 9 heteroatoms. The first-order valence-corrected chi connectivity index (χ1v) is 11.3. The molecule has 184 valence electrons. The zero-order valence-electron chi connectivity index (χ0n) is 20.0. The van der Waals surface area contributed by atoms with E-state index >= 15 is 0 Å². The first kappa shape index (κ1) is 25.4. The molecule has 0 spiro atoms. The van der Waals surface area contributed by atoms with Crippen LogP contribution in [0.3, 0.4) is 0 Å². The van der Waals surface area contributed by atoms with Crippen LogP contribution in [0, 0.1) is 0 Å². The minimum atomic E-state index is -3.05. The van der Waals surface area contributed by atoms with E-state index in [0.717, 1.165) is 10.5 Å². The van der Waals surface area contributed by atoms with Gasteiger partial charge in [-0.25, -0.2) is 18.4 Å². The number of halogens is 2. The number of fused-ring (bicyclic) bond motifs is 1. The van der Waals surface area contributed by atoms with Gasteiger partial charge in [0.1, 0.15) is 12.2 Å². The second-order valence-electron chi connectivity index (χ2n) is 10.1. The van der Waals surface area contributed by atoms with E-state index < -0.39 is 47.8 Å². The molecule has 2 saturated heterocycles. The number of hydrogen-bond donors (Lipinski definition) is 0. The monoisotopic (exact) mass is 468 g/mol. The Balaban J connectivity index is 1.52. The smallest absolute Gasteiger partial charge is 0.410 e. The quantitative estimate of drug-likeness (QED) is 0.567. The standard InChI is InChI=1S/C24H34F2N2O5/c1-22(2,3)33-21(30)28-16-24(25,26)19-18(28)11-12-27(19)13-14-32-23(4,5)20(29)31-15-17-9-7-6-8-10-17/h6-10,18-19H,11-16H2,1-5H3/t18-,19+/m0/s1. The molecule has 1 aromatic rings. The summed E-state index contributed by atoms with van der Waals surface area (Å²) in [6, 6.07) is 7.59. The Morgan fingerprint density at radius 3 is 2.42 bits per heavy atom. The Kier molecular flexibility index (Phi) is 7.33. The van der Waals surface area contributed by atoms with Crippen LogP contribution in [-0.4, -0.2) is 77.3 Å². The third-order valence-corrected chi connectivity index (χ3v) is 5.86. The van der Waals surface area contributed by atoms with Crippen molar-refractivity contribution in [2.24, 2.45) is 0 Å². The number of carbonyl (C=O) groups excluding carboxylic acids is 2. The highest BCUT2D eigenvalue weighted by Gasteiger charge is 2.61. The second kappa shape index (κ2) is 9.54. The highest BCUT2D eigenvalue weighted by atomic mass is 19.3. The SMILES string of the molecule is CC(C)(C)OC(=O)N1CC(F)(F)[C@H]2[C@@H]1CCN2CCOC(C)(C)C(=O)OCc1ccccc1. The first-order valence-electron chi connectivity index (χ1n) is 11.3. The predicted molar refractivity (Wildman–Crippen MR) is 118 cm³/mol. The van der Waals surface area contributed by atoms with Gasteiger partial charge in [0.15, 0.2) is 5.60 Å². The van der Waals surface area contributed by atoms with Crippen molar-refractivity contribution < 1.29 is 32.6 Å². The molecule has 3 rings (SSSR count). The summed E-state index contributed by atoms with van der Waals surface area (Å²) in [5, 5.41) is 0. The van der Waals surface area contributed by atoms with Gasteiger partial charge >= 0.3 is 12.1 Å². The fourth-order valence-corrected chi connectivity index (χ4v) is 4.30. The number of nitrogens with zero attached hydrogens (tertiary/aromatic N) is 2. The highest BCUT2D eigenvalue weighted by Crippen LogP contribution is 2.42. The van der Waals surface area contributed by atoms with E-state index in [0.29, 0.717) is 13.0 Å². The van der Waals surface area contributed by atoms with Crippen molar-refractivity contribution in [1.29, 1.82) is 0 Å². The number of esters is 1. The van der Waals surface area contributed by atoms with Gasteiger partial charge in [0.2, 0.25) is 0 Å². The van der Waals surface area contributed by atoms with E-state index in [1.807, 2.05) is 30.3 Å². The molecule has 0 bridgehead atoms. The molecule has 2 atom stereocenters. The lowest BCUT2D eigenvalue weighted by Gasteiger charge is -2.29. The highest BCUT2D eigenvalue weighted by molar-refractivity contribution is 5.78. The Morgan fingerprint density at radius 1 is 1.12 bits per heavy atom. The van der Waals surface area contributed by atoms with Crippen LogP contribution in [0.5, 0.6) is 0 Å². The third kappa shape index (κ3) is 6.20. The van der Waals surface area contributed by atoms with Gasteiger partial charge in [0.05, 0.1) is 25.2 Å². The fourth-order valence-electron chi connectivity index (χ4n) is 4.30. The lowest BCUT2D eigenvalue weighted by atomic mass is 10.1. The molecule has 1 amide bonds. The third-order valence-electron chi connectivity index (χ3n) is 5.86. The average Bonchev–Trinajstić information content (AvgIpc) is 3.25. The lowest BCUT2D eigenvalue weighted by molar-refractivity contribution is -0.170. The van der Waals surface area contributed by atoms with Crippen molar-refractivity contribution in [3.63, 3.8) is 0 Å². The number of likely N-dealkylation sites (tertiary alicyclic amines) is 2. The van der Waals surface area contributed by atoms with Crippen LogP contribution in [0.2, 0.25) is 0 Å². The van der Waals surface area contributed by atoms with Gasteiger partial charge in [-0.15, -0.1) is 0 Å². The van der Waals surface area contributed by atoms with E-state index in [1.54, 1.807) is 39.5 Å². The molecule has 2 aliphatic rings. The van der Waals surface area contributed by atoms with Gasteiger partial charge in [-0.1, -0.05) is 30.3 Å². The molecule has 0 aromatic heterocycles. The summed E-state index contributed by atoms with van der Waals surface area (Å²) in [5.74, 6) is -3.57. The normalized spacial score (nSPS) is 22.8. The summed E-state index contributed by atoms with van der Waals surface area (Å²) in [7, 11) is 0. The Bertz CT molecular complexity index is 841. The molecule has 2 fully saturated rings. The van der Waals surface area contributed by atoms with Crippen molar-refractivity contribution in [3.05, 3.63) is 35.9 Å². The maximum Gasteiger partial charge on any atom is 0.410 e. The van der Waals surface area contributed by atoms with Crippen molar-refractivity contribution >= 4 is 12.1 Å². The van der Waals surface area contributed by atoms with Crippen LogP contribution in [0.4, 0.5) is 13.6 Å². The average molecular weight is 469 g/mol. The van der Waals surface area contributed by atoms with Gasteiger partial charge in [-0.3, -0.25) is 9.80 Å². The van der Waals surface area contributed by atoms with Gasteiger partial charge in [0, 0.05) is 13.1 Å². The summed E-state index contributed by atoms with van der Waals surface area (Å²) in [5.41, 5.74) is -1.10. The summed E-state index contributed by atoms with van der Waals surface area (Å²) in [6.45, 7) is 8.51. The van der Waals surface area contributed by atoms with Gasteiger partial charge < -0.3 is 14.2 Å². The van der Waals surface area contributed by atoms with Crippen molar-refractivity contribution in [2.45, 2.75) is 76.9 Å². The molecule has 2 heterocycles. The summed E-state index contributed by atoms with van der Waals surface area (Å²) in [6.07, 6.45) is -0.280. The first-order chi connectivity index (χ1) is 15.3. The molecule has 0 aliphatic carbocycles. The molecule has 2 aliphatic heterocycles. The van der Waals surface area contributed by atoms with Crippen molar-refractivity contribution in [1.82, 2.24) is 9.80 Å². The maximum atomic E-state index is 14.8. The van der Waals surface area contributed by atoms with Crippen LogP contribution < -0.4 is 0 Å². The largest absolute Gasteiger partial charge is 0.459 e. The Labute approximate surface area is 194 Å². The lowest BCUT2D eigenvalue weighted by Crippen LogP contribution is -2.47. The molecule has 0 radical (unpaired) electrons. The number of hydrogen-bond acceptors (Lipinski definition) is 6. The minimum absolute atomic E-state index is 0.0825. The van der Waals surface area contributed by atoms with E-state index in [2.05, 4.69) is 0 Å². The summed E-state index contributed by atoms with van der Waals surface area (Å²) in [4.78, 5) is 27.7. The van der Waals surface area contributed by atoms with Crippen LogP contribution in [-0.2, 0) is 25.6 Å². The van der Waals surface area contributed by atoms with Crippen LogP contribution in [0.25, 0.3) is 0 Å². The minimum Gasteiger partial charge on any atom is -0.459 e. The van der Waals surface area contributed by atoms with E-state index in [4.69, 9.17) is 14.2 Å². The predicted octanol–water partition coefficient (Wildman–Crippen LogP) is 3.85. The fraction of sp³-hybridized carbons (Fsp3) is 0.667. The van der Waals surface area contributed by atoms with Gasteiger partial charge in [0.25, 0.3) is 5.92 Å². The topological polar surface area (TPSA) is 68.3 Å².